The minimum absolute atomic E-state index is 0.139. The van der Waals surface area contributed by atoms with Crippen molar-refractivity contribution >= 4 is 0 Å². The van der Waals surface area contributed by atoms with Crippen LogP contribution in [-0.2, 0) is 0 Å². The second-order valence-corrected chi connectivity index (χ2v) is 3.40. The quantitative estimate of drug-likeness (QED) is 0.780. The van der Waals surface area contributed by atoms with Gasteiger partial charge in [-0.05, 0) is 31.0 Å². The minimum atomic E-state index is 0.139. The number of hydrogen-bond donors (Lipinski definition) is 1. The van der Waals surface area contributed by atoms with Gasteiger partial charge in [0.2, 0.25) is 0 Å². The van der Waals surface area contributed by atoms with Gasteiger partial charge in [0.05, 0.1) is 6.61 Å². The van der Waals surface area contributed by atoms with E-state index in [0.717, 1.165) is 24.2 Å². The fourth-order valence-corrected chi connectivity index (χ4v) is 1.48. The number of nitrogens with two attached hydrogens (primary N) is 1. The Morgan fingerprint density at radius 2 is 2.14 bits per heavy atom. The van der Waals surface area contributed by atoms with Gasteiger partial charge >= 0.3 is 0 Å². The number of benzene rings is 1. The van der Waals surface area contributed by atoms with E-state index in [9.17, 15) is 0 Å². The largest absolute Gasteiger partial charge is 0.494 e. The molecule has 0 fully saturated rings. The van der Waals surface area contributed by atoms with Crippen molar-refractivity contribution < 1.29 is 4.74 Å². The molecule has 1 aromatic rings. The smallest absolute Gasteiger partial charge is 0.119 e. The Morgan fingerprint density at radius 1 is 1.36 bits per heavy atom. The summed E-state index contributed by atoms with van der Waals surface area (Å²) in [5, 5.41) is 0. The van der Waals surface area contributed by atoms with Gasteiger partial charge in [-0.1, -0.05) is 25.5 Å². The van der Waals surface area contributed by atoms with Gasteiger partial charge in [-0.15, -0.1) is 0 Å². The molecule has 0 heterocycles. The van der Waals surface area contributed by atoms with E-state index in [4.69, 9.17) is 10.5 Å². The molecular formula is C12H19NO. The summed E-state index contributed by atoms with van der Waals surface area (Å²) in [6, 6.07) is 8.19. The molecule has 2 heteroatoms. The summed E-state index contributed by atoms with van der Waals surface area (Å²) in [5.74, 6) is 0.913. The first-order valence-electron chi connectivity index (χ1n) is 5.26. The van der Waals surface area contributed by atoms with Gasteiger partial charge in [0.1, 0.15) is 5.75 Å². The van der Waals surface area contributed by atoms with Crippen LogP contribution in [0.15, 0.2) is 24.3 Å². The predicted octanol–water partition coefficient (Wildman–Crippen LogP) is 2.89. The van der Waals surface area contributed by atoms with Crippen molar-refractivity contribution in [2.75, 3.05) is 6.61 Å². The topological polar surface area (TPSA) is 35.2 Å². The zero-order valence-electron chi connectivity index (χ0n) is 8.99. The molecule has 0 aromatic heterocycles. The zero-order valence-corrected chi connectivity index (χ0v) is 8.99. The van der Waals surface area contributed by atoms with Gasteiger partial charge in [0.25, 0.3) is 0 Å². The van der Waals surface area contributed by atoms with Crippen molar-refractivity contribution in [3.63, 3.8) is 0 Å². The molecule has 0 saturated carbocycles. The van der Waals surface area contributed by atoms with E-state index in [1.54, 1.807) is 0 Å². The molecule has 2 N–H and O–H groups in total. The molecule has 0 bridgehead atoms. The van der Waals surface area contributed by atoms with Crippen molar-refractivity contribution in [1.29, 1.82) is 0 Å². The highest BCUT2D eigenvalue weighted by Gasteiger charge is 2.05. The third kappa shape index (κ3) is 3.04. The van der Waals surface area contributed by atoms with Crippen LogP contribution < -0.4 is 10.5 Å². The zero-order chi connectivity index (χ0) is 10.4. The molecule has 1 rings (SSSR count). The predicted molar refractivity (Wildman–Crippen MR) is 59.4 cm³/mol. The molecule has 0 radical (unpaired) electrons. The lowest BCUT2D eigenvalue weighted by atomic mass is 10.0. The number of ether oxygens (including phenoxy) is 1. The van der Waals surface area contributed by atoms with Crippen LogP contribution in [0.1, 0.15) is 38.3 Å². The van der Waals surface area contributed by atoms with Gasteiger partial charge in [-0.25, -0.2) is 0 Å². The maximum absolute atomic E-state index is 6.02. The second kappa shape index (κ2) is 5.66. The Balaban J connectivity index is 2.71. The van der Waals surface area contributed by atoms with E-state index in [2.05, 4.69) is 13.0 Å². The highest BCUT2D eigenvalue weighted by atomic mass is 16.5. The molecule has 0 aliphatic carbocycles. The van der Waals surface area contributed by atoms with Crippen molar-refractivity contribution in [1.82, 2.24) is 0 Å². The molecule has 1 atom stereocenters. The number of rotatable bonds is 5. The van der Waals surface area contributed by atoms with Crippen LogP contribution >= 0.6 is 0 Å². The first-order chi connectivity index (χ1) is 6.77. The van der Waals surface area contributed by atoms with Gasteiger partial charge in [-0.3, -0.25) is 0 Å². The Kier molecular flexibility index (Phi) is 4.47. The average molecular weight is 193 g/mol. The molecule has 1 aromatic carbocycles. The fourth-order valence-electron chi connectivity index (χ4n) is 1.48. The first kappa shape index (κ1) is 11.1. The van der Waals surface area contributed by atoms with Crippen LogP contribution in [0.3, 0.4) is 0 Å². The molecule has 0 unspecified atom stereocenters. The molecular weight excluding hydrogens is 174 g/mol. The van der Waals surface area contributed by atoms with Crippen LogP contribution in [0.2, 0.25) is 0 Å². The van der Waals surface area contributed by atoms with E-state index < -0.39 is 0 Å². The van der Waals surface area contributed by atoms with Gasteiger partial charge in [-0.2, -0.15) is 0 Å². The minimum Gasteiger partial charge on any atom is -0.494 e. The van der Waals surface area contributed by atoms with Crippen molar-refractivity contribution in [3.8, 4) is 5.75 Å². The Morgan fingerprint density at radius 3 is 2.79 bits per heavy atom. The molecule has 0 amide bonds. The summed E-state index contributed by atoms with van der Waals surface area (Å²) in [5.41, 5.74) is 7.18. The normalized spacial score (nSPS) is 12.5. The molecule has 2 nitrogen and oxygen atoms in total. The Labute approximate surface area is 86.1 Å². The molecule has 14 heavy (non-hydrogen) atoms. The summed E-state index contributed by atoms with van der Waals surface area (Å²) in [6.45, 7) is 4.83. The van der Waals surface area contributed by atoms with Gasteiger partial charge in [0.15, 0.2) is 0 Å². The molecule has 0 spiro atoms. The SMILES string of the molecule is CCC[C@@H](N)c1cccc(OCC)c1. The standard InChI is InChI=1S/C12H19NO/c1-3-6-12(13)10-7-5-8-11(9-10)14-4-2/h5,7-9,12H,3-4,6,13H2,1-2H3/t12-/m1/s1. The Bertz CT molecular complexity index is 273. The van der Waals surface area contributed by atoms with Crippen LogP contribution in [0.25, 0.3) is 0 Å². The molecule has 78 valence electrons. The summed E-state index contributed by atoms with van der Waals surface area (Å²) in [6.07, 6.45) is 2.13. The lowest BCUT2D eigenvalue weighted by molar-refractivity contribution is 0.339. The van der Waals surface area contributed by atoms with E-state index in [1.165, 1.54) is 0 Å². The van der Waals surface area contributed by atoms with Crippen molar-refractivity contribution in [2.24, 2.45) is 5.73 Å². The summed E-state index contributed by atoms with van der Waals surface area (Å²) >= 11 is 0. The number of hydrogen-bond acceptors (Lipinski definition) is 2. The maximum atomic E-state index is 6.02. The second-order valence-electron chi connectivity index (χ2n) is 3.40. The van der Waals surface area contributed by atoms with Crippen LogP contribution in [0.4, 0.5) is 0 Å². The lowest BCUT2D eigenvalue weighted by Gasteiger charge is -2.12. The molecule has 0 aliphatic rings. The van der Waals surface area contributed by atoms with E-state index in [1.807, 2.05) is 25.1 Å². The monoisotopic (exact) mass is 193 g/mol. The van der Waals surface area contributed by atoms with Gasteiger partial charge < -0.3 is 10.5 Å². The first-order valence-corrected chi connectivity index (χ1v) is 5.26. The third-order valence-corrected chi connectivity index (χ3v) is 2.20. The molecule has 0 aliphatic heterocycles. The third-order valence-electron chi connectivity index (χ3n) is 2.20. The van der Waals surface area contributed by atoms with Crippen LogP contribution in [0.5, 0.6) is 5.75 Å². The van der Waals surface area contributed by atoms with E-state index in [-0.39, 0.29) is 6.04 Å². The van der Waals surface area contributed by atoms with Gasteiger partial charge in [0, 0.05) is 6.04 Å². The van der Waals surface area contributed by atoms with Crippen molar-refractivity contribution in [3.05, 3.63) is 29.8 Å². The highest BCUT2D eigenvalue weighted by molar-refractivity contribution is 5.30. The average Bonchev–Trinajstić information content (AvgIpc) is 2.19. The molecule has 0 saturated heterocycles. The summed E-state index contributed by atoms with van der Waals surface area (Å²) in [7, 11) is 0. The Hall–Kier alpha value is -1.02. The maximum Gasteiger partial charge on any atom is 0.119 e. The summed E-state index contributed by atoms with van der Waals surface area (Å²) in [4.78, 5) is 0. The summed E-state index contributed by atoms with van der Waals surface area (Å²) < 4.78 is 5.42. The lowest BCUT2D eigenvalue weighted by Crippen LogP contribution is -2.09. The van der Waals surface area contributed by atoms with E-state index >= 15 is 0 Å². The van der Waals surface area contributed by atoms with E-state index in [0.29, 0.717) is 6.61 Å². The fraction of sp³-hybridized carbons (Fsp3) is 0.500. The van der Waals surface area contributed by atoms with Crippen LogP contribution in [-0.4, -0.2) is 6.61 Å². The van der Waals surface area contributed by atoms with Crippen LogP contribution in [0, 0.1) is 0 Å². The highest BCUT2D eigenvalue weighted by Crippen LogP contribution is 2.20. The van der Waals surface area contributed by atoms with Crippen molar-refractivity contribution in [2.45, 2.75) is 32.7 Å².